The van der Waals surface area contributed by atoms with E-state index in [1.54, 1.807) is 16.7 Å². The van der Waals surface area contributed by atoms with Gasteiger partial charge in [0.1, 0.15) is 5.82 Å². The molecule has 0 fully saturated rings. The van der Waals surface area contributed by atoms with E-state index in [0.717, 1.165) is 21.0 Å². The highest BCUT2D eigenvalue weighted by Crippen LogP contribution is 2.22. The molecule has 25 heavy (non-hydrogen) atoms. The number of fused-ring (bicyclic) bond motifs is 1. The Kier molecular flexibility index (Phi) is 5.60. The minimum atomic E-state index is -0.689. The lowest BCUT2D eigenvalue weighted by Crippen LogP contribution is -2.20. The summed E-state index contributed by atoms with van der Waals surface area (Å²) in [4.78, 5) is 17.0. The third-order valence-electron chi connectivity index (χ3n) is 3.52. The number of methoxy groups -OCH3 is 1. The number of halogens is 3. The third kappa shape index (κ3) is 3.80. The standard InChI is InChI=1S/C17H13F2IN2O2S/c1-24-7-6-22-15-12(19)8-10(18)9-14(15)25-17(22)21-16(23)11-4-2-3-5-13(11)20/h2-5,8-9H,6-7H2,1H3. The summed E-state index contributed by atoms with van der Waals surface area (Å²) >= 11 is 3.13. The lowest BCUT2D eigenvalue weighted by atomic mass is 10.2. The van der Waals surface area contributed by atoms with Crippen molar-refractivity contribution in [3.05, 3.63) is 62.0 Å². The summed E-state index contributed by atoms with van der Waals surface area (Å²) in [5, 5.41) is 0. The summed E-state index contributed by atoms with van der Waals surface area (Å²) < 4.78 is 35.5. The Balaban J connectivity index is 2.19. The Hall–Kier alpha value is -1.65. The predicted molar refractivity (Wildman–Crippen MR) is 101 cm³/mol. The van der Waals surface area contributed by atoms with Crippen molar-refractivity contribution in [3.8, 4) is 0 Å². The second-order valence-corrected chi connectivity index (χ2v) is 7.33. The number of benzene rings is 2. The van der Waals surface area contributed by atoms with E-state index < -0.39 is 17.5 Å². The van der Waals surface area contributed by atoms with Crippen molar-refractivity contribution in [1.29, 1.82) is 0 Å². The monoisotopic (exact) mass is 474 g/mol. The first kappa shape index (κ1) is 18.2. The van der Waals surface area contributed by atoms with E-state index in [9.17, 15) is 13.6 Å². The van der Waals surface area contributed by atoms with Crippen LogP contribution in [0.4, 0.5) is 8.78 Å². The number of carbonyl (C=O) groups excluding carboxylic acids is 1. The minimum Gasteiger partial charge on any atom is -0.383 e. The van der Waals surface area contributed by atoms with E-state index in [1.807, 2.05) is 12.1 Å². The molecular formula is C17H13F2IN2O2S. The Morgan fingerprint density at radius 3 is 2.80 bits per heavy atom. The zero-order valence-corrected chi connectivity index (χ0v) is 16.1. The maximum absolute atomic E-state index is 14.2. The SMILES string of the molecule is COCCn1c(=NC(=O)c2ccccc2I)sc2cc(F)cc(F)c21. The first-order valence-electron chi connectivity index (χ1n) is 7.32. The molecule has 0 saturated heterocycles. The highest BCUT2D eigenvalue weighted by Gasteiger charge is 2.15. The van der Waals surface area contributed by atoms with Crippen molar-refractivity contribution < 1.29 is 18.3 Å². The average Bonchev–Trinajstić information content (AvgIpc) is 2.90. The molecule has 0 aliphatic carbocycles. The van der Waals surface area contributed by atoms with Gasteiger partial charge in [0.25, 0.3) is 5.91 Å². The molecule has 8 heteroatoms. The summed E-state index contributed by atoms with van der Waals surface area (Å²) in [6, 6.07) is 9.13. The van der Waals surface area contributed by atoms with Crippen molar-refractivity contribution in [2.45, 2.75) is 6.54 Å². The minimum absolute atomic E-state index is 0.220. The van der Waals surface area contributed by atoms with Gasteiger partial charge in [0.2, 0.25) is 0 Å². The summed E-state index contributed by atoms with van der Waals surface area (Å²) in [5.74, 6) is -1.78. The van der Waals surface area contributed by atoms with E-state index in [1.165, 1.54) is 13.2 Å². The van der Waals surface area contributed by atoms with Crippen LogP contribution in [0.15, 0.2) is 41.4 Å². The quantitative estimate of drug-likeness (QED) is 0.538. The number of carbonyl (C=O) groups is 1. The summed E-state index contributed by atoms with van der Waals surface area (Å²) in [7, 11) is 1.53. The molecule has 0 spiro atoms. The van der Waals surface area contributed by atoms with Crippen molar-refractivity contribution in [1.82, 2.24) is 4.57 Å². The van der Waals surface area contributed by atoms with E-state index in [2.05, 4.69) is 27.6 Å². The average molecular weight is 474 g/mol. The van der Waals surface area contributed by atoms with Gasteiger partial charge in [-0.15, -0.1) is 0 Å². The normalized spacial score (nSPS) is 12.1. The van der Waals surface area contributed by atoms with Crippen LogP contribution in [0.2, 0.25) is 0 Å². The molecule has 3 aromatic rings. The molecule has 0 atom stereocenters. The van der Waals surface area contributed by atoms with Crippen molar-refractivity contribution in [2.75, 3.05) is 13.7 Å². The highest BCUT2D eigenvalue weighted by atomic mass is 127. The molecule has 0 aliphatic heterocycles. The molecule has 4 nitrogen and oxygen atoms in total. The molecule has 1 heterocycles. The van der Waals surface area contributed by atoms with E-state index >= 15 is 0 Å². The summed E-state index contributed by atoms with van der Waals surface area (Å²) in [6.07, 6.45) is 0. The van der Waals surface area contributed by atoms with Crippen LogP contribution < -0.4 is 4.80 Å². The molecule has 3 rings (SSSR count). The number of ether oxygens (including phenoxy) is 1. The van der Waals surface area contributed by atoms with Gasteiger partial charge in [-0.05, 0) is 40.8 Å². The van der Waals surface area contributed by atoms with Gasteiger partial charge < -0.3 is 9.30 Å². The Morgan fingerprint density at radius 1 is 1.32 bits per heavy atom. The fourth-order valence-corrected chi connectivity index (χ4v) is 4.10. The van der Waals surface area contributed by atoms with Gasteiger partial charge in [0.05, 0.1) is 22.4 Å². The molecule has 0 radical (unpaired) electrons. The lowest BCUT2D eigenvalue weighted by molar-refractivity contribution is 0.0996. The van der Waals surface area contributed by atoms with Crippen LogP contribution in [-0.2, 0) is 11.3 Å². The van der Waals surface area contributed by atoms with Crippen LogP contribution in [0.3, 0.4) is 0 Å². The van der Waals surface area contributed by atoms with Crippen LogP contribution in [0.5, 0.6) is 0 Å². The largest absolute Gasteiger partial charge is 0.383 e. The fraction of sp³-hybridized carbons (Fsp3) is 0.176. The molecule has 0 unspecified atom stereocenters. The molecule has 0 N–H and O–H groups in total. The lowest BCUT2D eigenvalue weighted by Gasteiger charge is -2.05. The number of rotatable bonds is 4. The molecule has 0 saturated carbocycles. The number of nitrogens with zero attached hydrogens (tertiary/aromatic N) is 2. The second-order valence-electron chi connectivity index (χ2n) is 5.16. The number of amides is 1. The van der Waals surface area contributed by atoms with Crippen molar-refractivity contribution in [3.63, 3.8) is 0 Å². The van der Waals surface area contributed by atoms with Gasteiger partial charge >= 0.3 is 0 Å². The number of aromatic nitrogens is 1. The zero-order valence-electron chi connectivity index (χ0n) is 13.1. The van der Waals surface area contributed by atoms with E-state index in [4.69, 9.17) is 4.74 Å². The number of thiazole rings is 1. The van der Waals surface area contributed by atoms with Gasteiger partial charge in [-0.1, -0.05) is 23.5 Å². The van der Waals surface area contributed by atoms with Gasteiger partial charge in [0, 0.05) is 23.3 Å². The molecule has 130 valence electrons. The highest BCUT2D eigenvalue weighted by molar-refractivity contribution is 14.1. The van der Waals surface area contributed by atoms with Crippen LogP contribution in [0, 0.1) is 15.2 Å². The van der Waals surface area contributed by atoms with Crippen molar-refractivity contribution in [2.24, 2.45) is 4.99 Å². The molecule has 2 aromatic carbocycles. The number of hydrogen-bond acceptors (Lipinski definition) is 3. The van der Waals surface area contributed by atoms with E-state index in [-0.39, 0.29) is 5.52 Å². The molecule has 1 amide bonds. The topological polar surface area (TPSA) is 43.6 Å². The summed E-state index contributed by atoms with van der Waals surface area (Å²) in [5.41, 5.74) is 0.684. The van der Waals surface area contributed by atoms with Crippen LogP contribution in [0.1, 0.15) is 10.4 Å². The van der Waals surface area contributed by atoms with E-state index in [0.29, 0.717) is 28.2 Å². The Morgan fingerprint density at radius 2 is 2.08 bits per heavy atom. The van der Waals surface area contributed by atoms with Gasteiger partial charge in [-0.3, -0.25) is 4.79 Å². The second kappa shape index (κ2) is 7.71. The molecule has 1 aromatic heterocycles. The van der Waals surface area contributed by atoms with Crippen LogP contribution in [0.25, 0.3) is 10.2 Å². The Labute approximate surface area is 159 Å². The van der Waals surface area contributed by atoms with Crippen molar-refractivity contribution >= 4 is 50.1 Å². The first-order valence-corrected chi connectivity index (χ1v) is 9.21. The summed E-state index contributed by atoms with van der Waals surface area (Å²) in [6.45, 7) is 0.615. The van der Waals surface area contributed by atoms with Gasteiger partial charge in [-0.25, -0.2) is 8.78 Å². The molecule has 0 bridgehead atoms. The maximum atomic E-state index is 14.2. The van der Waals surface area contributed by atoms with Gasteiger partial charge in [-0.2, -0.15) is 4.99 Å². The maximum Gasteiger partial charge on any atom is 0.280 e. The van der Waals surface area contributed by atoms with Crippen LogP contribution >= 0.6 is 33.9 Å². The van der Waals surface area contributed by atoms with Gasteiger partial charge in [0.15, 0.2) is 10.6 Å². The molecular weight excluding hydrogens is 461 g/mol. The number of hydrogen-bond donors (Lipinski definition) is 0. The Bertz CT molecular complexity index is 1010. The third-order valence-corrected chi connectivity index (χ3v) is 5.48. The first-order chi connectivity index (χ1) is 12.0. The van der Waals surface area contributed by atoms with Crippen LogP contribution in [-0.4, -0.2) is 24.2 Å². The zero-order chi connectivity index (χ0) is 18.0. The fourth-order valence-electron chi connectivity index (χ4n) is 2.39. The smallest absolute Gasteiger partial charge is 0.280 e. The predicted octanol–water partition coefficient (Wildman–Crippen LogP) is 3.97. The molecule has 0 aliphatic rings.